The van der Waals surface area contributed by atoms with Gasteiger partial charge in [0, 0.05) is 26.2 Å². The predicted octanol–water partition coefficient (Wildman–Crippen LogP) is 8.49. The van der Waals surface area contributed by atoms with Crippen LogP contribution in [0.15, 0.2) is 42.5 Å². The summed E-state index contributed by atoms with van der Waals surface area (Å²) in [5.41, 5.74) is 4.74. The Morgan fingerprint density at radius 2 is 1.62 bits per heavy atom. The highest BCUT2D eigenvalue weighted by Crippen LogP contribution is 2.77. The zero-order chi connectivity index (χ0) is 38.2. The van der Waals surface area contributed by atoms with Crippen LogP contribution in [0.3, 0.4) is 0 Å². The van der Waals surface area contributed by atoms with Crippen molar-refractivity contribution in [2.24, 2.45) is 56.7 Å². The molecular formula is C44H64N2O6S. The number of carboxylic acid groups (broad SMARTS) is 1. The summed E-state index contributed by atoms with van der Waals surface area (Å²) in [6.45, 7) is 22.0. The number of nitrogens with one attached hydrogen (secondary N) is 1. The number of carbonyl (C=O) groups is 2. The highest BCUT2D eigenvalue weighted by Gasteiger charge is 2.70. The van der Waals surface area contributed by atoms with Crippen molar-refractivity contribution in [1.82, 2.24) is 10.2 Å². The number of benzene rings is 1. The maximum atomic E-state index is 13.1. The van der Waals surface area contributed by atoms with E-state index < -0.39 is 15.8 Å². The van der Waals surface area contributed by atoms with Gasteiger partial charge in [0.05, 0.1) is 17.1 Å². The Labute approximate surface area is 318 Å². The van der Waals surface area contributed by atoms with Crippen molar-refractivity contribution in [3.05, 3.63) is 53.6 Å². The molecule has 1 heterocycles. The number of rotatable bonds is 8. The first-order valence-corrected chi connectivity index (χ1v) is 22.2. The van der Waals surface area contributed by atoms with Gasteiger partial charge in [-0.2, -0.15) is 0 Å². The van der Waals surface area contributed by atoms with Gasteiger partial charge in [0.2, 0.25) is 0 Å². The monoisotopic (exact) mass is 748 g/mol. The minimum absolute atomic E-state index is 0.0241. The molecule has 5 aliphatic carbocycles. The maximum Gasteiger partial charge on any atom is 0.407 e. The molecule has 4 saturated carbocycles. The van der Waals surface area contributed by atoms with E-state index in [-0.39, 0.29) is 51.3 Å². The van der Waals surface area contributed by atoms with Crippen molar-refractivity contribution in [3.63, 3.8) is 0 Å². The summed E-state index contributed by atoms with van der Waals surface area (Å²) in [4.78, 5) is 26.7. The third-order valence-electron chi connectivity index (χ3n) is 16.9. The molecule has 6 aliphatic rings. The number of hydrogen-bond acceptors (Lipinski definition) is 6. The van der Waals surface area contributed by atoms with Gasteiger partial charge >= 0.3 is 12.1 Å². The minimum Gasteiger partial charge on any atom is -0.478 e. The number of carboxylic acids is 1. The van der Waals surface area contributed by atoms with E-state index in [1.807, 2.05) is 12.1 Å². The molecule has 1 aliphatic heterocycles. The van der Waals surface area contributed by atoms with Crippen molar-refractivity contribution in [2.75, 3.05) is 44.3 Å². The van der Waals surface area contributed by atoms with Crippen LogP contribution in [-0.4, -0.2) is 74.8 Å². The van der Waals surface area contributed by atoms with Crippen molar-refractivity contribution in [1.29, 1.82) is 0 Å². The summed E-state index contributed by atoms with van der Waals surface area (Å²) in [5.74, 6) is 2.15. The van der Waals surface area contributed by atoms with E-state index in [2.05, 4.69) is 64.4 Å². The van der Waals surface area contributed by atoms with Crippen LogP contribution in [0.4, 0.5) is 4.79 Å². The van der Waals surface area contributed by atoms with Gasteiger partial charge in [-0.3, -0.25) is 4.90 Å². The molecule has 0 spiro atoms. The maximum absolute atomic E-state index is 13.1. The minimum atomic E-state index is -2.93. The van der Waals surface area contributed by atoms with Crippen LogP contribution in [0.2, 0.25) is 0 Å². The smallest absolute Gasteiger partial charge is 0.407 e. The molecule has 9 unspecified atom stereocenters. The van der Waals surface area contributed by atoms with Crippen molar-refractivity contribution < 1.29 is 27.9 Å². The summed E-state index contributed by atoms with van der Waals surface area (Å²) in [6.07, 6.45) is 12.6. The zero-order valence-corrected chi connectivity index (χ0v) is 34.0. The first-order chi connectivity index (χ1) is 24.9. The van der Waals surface area contributed by atoms with E-state index >= 15 is 0 Å². The molecule has 0 aromatic heterocycles. The van der Waals surface area contributed by atoms with E-state index in [0.717, 1.165) is 31.2 Å². The van der Waals surface area contributed by atoms with Gasteiger partial charge in [-0.1, -0.05) is 65.0 Å². The molecule has 1 saturated heterocycles. The molecule has 292 valence electrons. The number of amides is 1. The Morgan fingerprint density at radius 1 is 0.925 bits per heavy atom. The fourth-order valence-corrected chi connectivity index (χ4v) is 15.3. The highest BCUT2D eigenvalue weighted by atomic mass is 32.2. The lowest BCUT2D eigenvalue weighted by Crippen LogP contribution is -2.66. The quantitative estimate of drug-likeness (QED) is 0.257. The molecule has 1 amide bonds. The average molecular weight is 749 g/mol. The Balaban J connectivity index is 1.08. The van der Waals surface area contributed by atoms with E-state index in [9.17, 15) is 23.1 Å². The molecule has 7 rings (SSSR count). The Hall–Kier alpha value is -2.65. The average Bonchev–Trinajstić information content (AvgIpc) is 3.49. The lowest BCUT2D eigenvalue weighted by molar-refractivity contribution is -0.225. The summed E-state index contributed by atoms with van der Waals surface area (Å²) in [6, 6.07) is 7.51. The number of carbonyl (C=O) groups excluding carboxylic acids is 1. The van der Waals surface area contributed by atoms with Crippen molar-refractivity contribution in [2.45, 2.75) is 99.3 Å². The SMILES string of the molecule is C=C(C)C1CCC2(CNC(=O)OCCN3CCS(=O)(=O)CC3)CCC3(C)C(CCC4C5(C)CC=C(c6ccc(C(=O)O)cc6)C(C)(C)C5CCC43C)C12. The Bertz CT molecular complexity index is 1760. The number of alkyl carbamates (subject to hydrolysis) is 1. The van der Waals surface area contributed by atoms with E-state index in [0.29, 0.717) is 61.3 Å². The van der Waals surface area contributed by atoms with Gasteiger partial charge in [0.1, 0.15) is 6.61 Å². The molecule has 2 N–H and O–H groups in total. The topological polar surface area (TPSA) is 113 Å². The van der Waals surface area contributed by atoms with E-state index in [1.54, 1.807) is 12.1 Å². The van der Waals surface area contributed by atoms with E-state index in [1.165, 1.54) is 43.3 Å². The van der Waals surface area contributed by atoms with Crippen LogP contribution in [0, 0.1) is 56.7 Å². The molecule has 8 nitrogen and oxygen atoms in total. The molecular weight excluding hydrogens is 685 g/mol. The summed E-state index contributed by atoms with van der Waals surface area (Å²) >= 11 is 0. The van der Waals surface area contributed by atoms with Crippen molar-refractivity contribution in [3.8, 4) is 0 Å². The number of sulfone groups is 1. The fourth-order valence-electron chi connectivity index (χ4n) is 14.0. The van der Waals surface area contributed by atoms with Gasteiger partial charge in [0.25, 0.3) is 0 Å². The van der Waals surface area contributed by atoms with Gasteiger partial charge in [0.15, 0.2) is 9.84 Å². The summed E-state index contributed by atoms with van der Waals surface area (Å²) in [5, 5.41) is 12.7. The molecule has 5 fully saturated rings. The van der Waals surface area contributed by atoms with Crippen LogP contribution in [0.5, 0.6) is 0 Å². The van der Waals surface area contributed by atoms with Crippen LogP contribution in [0.25, 0.3) is 5.57 Å². The highest BCUT2D eigenvalue weighted by molar-refractivity contribution is 7.91. The van der Waals surface area contributed by atoms with Gasteiger partial charge in [-0.05, 0) is 145 Å². The van der Waals surface area contributed by atoms with Crippen LogP contribution >= 0.6 is 0 Å². The van der Waals surface area contributed by atoms with Crippen LogP contribution in [-0.2, 0) is 14.6 Å². The first kappa shape index (κ1) is 38.6. The second kappa shape index (κ2) is 13.5. The lowest BCUT2D eigenvalue weighted by Gasteiger charge is -2.72. The molecule has 9 atom stereocenters. The number of ether oxygens (including phenoxy) is 1. The number of hydrogen-bond donors (Lipinski definition) is 2. The third kappa shape index (κ3) is 6.32. The van der Waals surface area contributed by atoms with E-state index in [4.69, 9.17) is 4.74 Å². The molecule has 9 heteroatoms. The second-order valence-electron chi connectivity index (χ2n) is 19.5. The second-order valence-corrected chi connectivity index (χ2v) is 21.8. The number of allylic oxidation sites excluding steroid dienone is 3. The first-order valence-electron chi connectivity index (χ1n) is 20.4. The van der Waals surface area contributed by atoms with Gasteiger partial charge < -0.3 is 15.2 Å². The number of nitrogens with zero attached hydrogens (tertiary/aromatic N) is 1. The third-order valence-corrected chi connectivity index (χ3v) is 18.5. The molecule has 0 radical (unpaired) electrons. The standard InChI is InChI=1S/C44H64N2O6S/c1-29(2)32-14-19-44(28-45-39(49)52-25-22-46-23-26-53(50,51)27-24-46)21-20-42(6)34(37(32)44)12-13-36-41(5)17-15-33(30-8-10-31(11-9-30)38(47)48)40(3,4)35(41)16-18-43(36,42)7/h8-11,15,32,34-37H,1,12-14,16-28H2,2-7H3,(H,45,49)(H,47,48). The largest absolute Gasteiger partial charge is 0.478 e. The summed E-state index contributed by atoms with van der Waals surface area (Å²) < 4.78 is 29.2. The van der Waals surface area contributed by atoms with Crippen molar-refractivity contribution >= 4 is 27.5 Å². The Morgan fingerprint density at radius 3 is 2.28 bits per heavy atom. The van der Waals surface area contributed by atoms with Gasteiger partial charge in [-0.15, -0.1) is 0 Å². The molecule has 1 aromatic carbocycles. The predicted molar refractivity (Wildman–Crippen MR) is 210 cm³/mol. The molecule has 53 heavy (non-hydrogen) atoms. The number of aromatic carboxylic acids is 1. The van der Waals surface area contributed by atoms with Crippen LogP contribution < -0.4 is 5.32 Å². The normalized spacial score (nSPS) is 40.0. The van der Waals surface area contributed by atoms with Gasteiger partial charge in [-0.25, -0.2) is 18.0 Å². The molecule has 0 bridgehead atoms. The zero-order valence-electron chi connectivity index (χ0n) is 33.1. The summed E-state index contributed by atoms with van der Waals surface area (Å²) in [7, 11) is -2.93. The number of fused-ring (bicyclic) bond motifs is 7. The molecule has 1 aromatic rings. The Kier molecular flexibility index (Phi) is 9.86. The van der Waals surface area contributed by atoms with Crippen LogP contribution in [0.1, 0.15) is 115 Å². The lowest BCUT2D eigenvalue weighted by atomic mass is 9.32. The fraction of sp³-hybridized carbons (Fsp3) is 0.727.